The van der Waals surface area contributed by atoms with Gasteiger partial charge in [0.25, 0.3) is 0 Å². The first-order chi connectivity index (χ1) is 8.43. The first-order valence-electron chi connectivity index (χ1n) is 5.87. The highest BCUT2D eigenvalue weighted by Gasteiger charge is 2.22. The van der Waals surface area contributed by atoms with E-state index in [0.717, 1.165) is 11.4 Å². The Kier molecular flexibility index (Phi) is 2.92. The van der Waals surface area contributed by atoms with Crippen molar-refractivity contribution in [3.8, 4) is 17.5 Å². The summed E-state index contributed by atoms with van der Waals surface area (Å²) in [4.78, 5) is 4.46. The lowest BCUT2D eigenvalue weighted by Crippen LogP contribution is -2.24. The molecule has 0 N–H and O–H groups in total. The summed E-state index contributed by atoms with van der Waals surface area (Å²) in [6, 6.07) is 9.67. The van der Waals surface area contributed by atoms with E-state index in [1.165, 1.54) is 0 Å². The Labute approximate surface area is 107 Å². The number of benzene rings is 1. The number of rotatable bonds is 1. The molecular weight excluding hydrogens is 224 g/mol. The second kappa shape index (κ2) is 4.26. The Bertz CT molecular complexity index is 611. The SMILES string of the molecule is Cc1nc(-c2ccccc2C#N)n(C(C)(C)C)n1. The topological polar surface area (TPSA) is 54.5 Å². The van der Waals surface area contributed by atoms with Gasteiger partial charge in [0.05, 0.1) is 17.2 Å². The van der Waals surface area contributed by atoms with Gasteiger partial charge in [-0.05, 0) is 39.8 Å². The van der Waals surface area contributed by atoms with E-state index in [-0.39, 0.29) is 5.54 Å². The highest BCUT2D eigenvalue weighted by molar-refractivity contribution is 5.64. The van der Waals surface area contributed by atoms with Crippen LogP contribution >= 0.6 is 0 Å². The van der Waals surface area contributed by atoms with Crippen LogP contribution in [-0.4, -0.2) is 14.8 Å². The Hall–Kier alpha value is -2.15. The third-order valence-corrected chi connectivity index (χ3v) is 2.64. The van der Waals surface area contributed by atoms with Gasteiger partial charge in [-0.25, -0.2) is 9.67 Å². The summed E-state index contributed by atoms with van der Waals surface area (Å²) in [6.07, 6.45) is 0. The average molecular weight is 240 g/mol. The third-order valence-electron chi connectivity index (χ3n) is 2.64. The van der Waals surface area contributed by atoms with Crippen molar-refractivity contribution in [3.63, 3.8) is 0 Å². The van der Waals surface area contributed by atoms with Crippen LogP contribution in [0.4, 0.5) is 0 Å². The second-order valence-corrected chi connectivity index (χ2v) is 5.22. The minimum absolute atomic E-state index is 0.167. The van der Waals surface area contributed by atoms with Crippen LogP contribution in [0.2, 0.25) is 0 Å². The monoisotopic (exact) mass is 240 g/mol. The van der Waals surface area contributed by atoms with Gasteiger partial charge < -0.3 is 0 Å². The molecule has 0 aliphatic rings. The summed E-state index contributed by atoms with van der Waals surface area (Å²) in [5.41, 5.74) is 1.28. The zero-order valence-electron chi connectivity index (χ0n) is 11.1. The molecule has 18 heavy (non-hydrogen) atoms. The minimum Gasteiger partial charge on any atom is -0.240 e. The van der Waals surface area contributed by atoms with Gasteiger partial charge in [0.1, 0.15) is 5.82 Å². The molecule has 4 nitrogen and oxygen atoms in total. The van der Waals surface area contributed by atoms with Crippen LogP contribution in [0, 0.1) is 18.3 Å². The molecule has 0 aliphatic carbocycles. The summed E-state index contributed by atoms with van der Waals surface area (Å²) < 4.78 is 1.87. The van der Waals surface area contributed by atoms with Gasteiger partial charge in [-0.2, -0.15) is 10.4 Å². The molecule has 1 heterocycles. The summed E-state index contributed by atoms with van der Waals surface area (Å²) >= 11 is 0. The van der Waals surface area contributed by atoms with Crippen molar-refractivity contribution < 1.29 is 0 Å². The summed E-state index contributed by atoms with van der Waals surface area (Å²) in [5.74, 6) is 1.46. The van der Waals surface area contributed by atoms with Crippen LogP contribution < -0.4 is 0 Å². The molecule has 0 unspecified atom stereocenters. The molecule has 0 fully saturated rings. The molecule has 92 valence electrons. The van der Waals surface area contributed by atoms with Gasteiger partial charge in [-0.3, -0.25) is 0 Å². The van der Waals surface area contributed by atoms with Gasteiger partial charge in [-0.1, -0.05) is 12.1 Å². The Balaban J connectivity index is 2.69. The quantitative estimate of drug-likeness (QED) is 0.770. The van der Waals surface area contributed by atoms with Crippen molar-refractivity contribution in [1.82, 2.24) is 14.8 Å². The van der Waals surface area contributed by atoms with Gasteiger partial charge in [0, 0.05) is 5.56 Å². The zero-order valence-corrected chi connectivity index (χ0v) is 11.1. The van der Waals surface area contributed by atoms with Crippen LogP contribution in [0.15, 0.2) is 24.3 Å². The highest BCUT2D eigenvalue weighted by atomic mass is 15.4. The van der Waals surface area contributed by atoms with E-state index in [1.807, 2.05) is 29.8 Å². The maximum Gasteiger partial charge on any atom is 0.160 e. The largest absolute Gasteiger partial charge is 0.240 e. The van der Waals surface area contributed by atoms with Crippen molar-refractivity contribution >= 4 is 0 Å². The molecule has 2 rings (SSSR count). The van der Waals surface area contributed by atoms with E-state index >= 15 is 0 Å². The first kappa shape index (κ1) is 12.3. The van der Waals surface area contributed by atoms with E-state index in [0.29, 0.717) is 11.4 Å². The molecule has 1 aromatic heterocycles. The molecule has 0 radical (unpaired) electrons. The smallest absolute Gasteiger partial charge is 0.160 e. The van der Waals surface area contributed by atoms with Crippen LogP contribution in [0.3, 0.4) is 0 Å². The number of nitrogens with zero attached hydrogens (tertiary/aromatic N) is 4. The second-order valence-electron chi connectivity index (χ2n) is 5.22. The van der Waals surface area contributed by atoms with E-state index in [4.69, 9.17) is 0 Å². The minimum atomic E-state index is -0.167. The van der Waals surface area contributed by atoms with Gasteiger partial charge in [-0.15, -0.1) is 0 Å². The van der Waals surface area contributed by atoms with Crippen molar-refractivity contribution in [2.45, 2.75) is 33.2 Å². The lowest BCUT2D eigenvalue weighted by molar-refractivity contribution is 0.358. The summed E-state index contributed by atoms with van der Waals surface area (Å²) in [7, 11) is 0. The molecule has 0 amide bonds. The zero-order chi connectivity index (χ0) is 13.3. The van der Waals surface area contributed by atoms with E-state index in [1.54, 1.807) is 6.07 Å². The van der Waals surface area contributed by atoms with Gasteiger partial charge in [0.2, 0.25) is 0 Å². The lowest BCUT2D eigenvalue weighted by Gasteiger charge is -2.21. The Morgan fingerprint density at radius 3 is 2.50 bits per heavy atom. The van der Waals surface area contributed by atoms with Crippen molar-refractivity contribution in [2.24, 2.45) is 0 Å². The maximum atomic E-state index is 9.17. The third kappa shape index (κ3) is 2.12. The maximum absolute atomic E-state index is 9.17. The number of nitriles is 1. The Morgan fingerprint density at radius 2 is 1.89 bits per heavy atom. The lowest BCUT2D eigenvalue weighted by atomic mass is 10.1. The predicted octanol–water partition coefficient (Wildman–Crippen LogP) is 2.88. The normalized spacial score (nSPS) is 11.3. The molecule has 0 saturated heterocycles. The van der Waals surface area contributed by atoms with Gasteiger partial charge >= 0.3 is 0 Å². The average Bonchev–Trinajstić information content (AvgIpc) is 2.71. The van der Waals surface area contributed by atoms with Gasteiger partial charge in [0.15, 0.2) is 5.82 Å². The Morgan fingerprint density at radius 1 is 1.22 bits per heavy atom. The standard InChI is InChI=1S/C14H16N4/c1-10-16-13(18(17-10)14(2,3)4)12-8-6-5-7-11(12)9-15/h5-8H,1-4H3. The number of aromatic nitrogens is 3. The molecule has 0 aliphatic heterocycles. The fraction of sp³-hybridized carbons (Fsp3) is 0.357. The summed E-state index contributed by atoms with van der Waals surface area (Å²) in [6.45, 7) is 8.07. The molecule has 1 aromatic carbocycles. The number of hydrogen-bond acceptors (Lipinski definition) is 3. The van der Waals surface area contributed by atoms with E-state index < -0.39 is 0 Å². The fourth-order valence-electron chi connectivity index (χ4n) is 1.83. The van der Waals surface area contributed by atoms with E-state index in [2.05, 4.69) is 36.9 Å². The molecule has 4 heteroatoms. The highest BCUT2D eigenvalue weighted by Crippen LogP contribution is 2.26. The molecule has 2 aromatic rings. The molecule has 0 saturated carbocycles. The number of aryl methyl sites for hydroxylation is 1. The molecule has 0 bridgehead atoms. The molecule has 0 spiro atoms. The molecular formula is C14H16N4. The predicted molar refractivity (Wildman–Crippen MR) is 69.9 cm³/mol. The van der Waals surface area contributed by atoms with E-state index in [9.17, 15) is 5.26 Å². The van der Waals surface area contributed by atoms with Crippen LogP contribution in [0.5, 0.6) is 0 Å². The van der Waals surface area contributed by atoms with Crippen molar-refractivity contribution in [2.75, 3.05) is 0 Å². The van der Waals surface area contributed by atoms with Crippen LogP contribution in [0.1, 0.15) is 32.2 Å². The van der Waals surface area contributed by atoms with Crippen LogP contribution in [0.25, 0.3) is 11.4 Å². The van der Waals surface area contributed by atoms with Crippen molar-refractivity contribution in [3.05, 3.63) is 35.7 Å². The van der Waals surface area contributed by atoms with Crippen molar-refractivity contribution in [1.29, 1.82) is 5.26 Å². The molecule has 0 atom stereocenters. The van der Waals surface area contributed by atoms with Crippen LogP contribution in [-0.2, 0) is 5.54 Å². The summed E-state index contributed by atoms with van der Waals surface area (Å²) in [5, 5.41) is 13.6. The number of hydrogen-bond donors (Lipinski definition) is 0. The fourth-order valence-corrected chi connectivity index (χ4v) is 1.83. The first-order valence-corrected chi connectivity index (χ1v) is 5.87.